The summed E-state index contributed by atoms with van der Waals surface area (Å²) in [7, 11) is 0. The molecule has 0 aromatic heterocycles. The van der Waals surface area contributed by atoms with E-state index >= 15 is 0 Å². The Bertz CT molecular complexity index is 424. The lowest BCUT2D eigenvalue weighted by molar-refractivity contribution is -0.354. The van der Waals surface area contributed by atoms with Crippen LogP contribution in [0.4, 0.5) is 11.4 Å². The van der Waals surface area contributed by atoms with Crippen molar-refractivity contribution >= 4 is 23.7 Å². The summed E-state index contributed by atoms with van der Waals surface area (Å²) in [5.74, 6) is 0. The number of nitrogens with zero attached hydrogens (tertiary/aromatic N) is 1. The van der Waals surface area contributed by atoms with E-state index in [1.807, 2.05) is 18.2 Å². The fraction of sp³-hybridized carbons (Fsp3) is 0.250. The molecule has 0 saturated carbocycles. The molecule has 1 atom stereocenters. The van der Waals surface area contributed by atoms with Gasteiger partial charge in [-0.15, -0.1) is 0 Å². The molecule has 1 N–H and O–H groups in total. The Labute approximate surface area is 89.3 Å². The second kappa shape index (κ2) is 3.77. The highest BCUT2D eigenvalue weighted by Crippen LogP contribution is 2.31. The molecule has 0 spiro atoms. The van der Waals surface area contributed by atoms with E-state index in [-0.39, 0.29) is 6.04 Å². The highest BCUT2D eigenvalue weighted by molar-refractivity contribution is 5.77. The van der Waals surface area contributed by atoms with E-state index in [4.69, 9.17) is 0 Å². The molecule has 0 amide bonds. The summed E-state index contributed by atoms with van der Waals surface area (Å²) in [6.45, 7) is 5.80. The van der Waals surface area contributed by atoms with Crippen molar-refractivity contribution in [2.75, 3.05) is 5.32 Å². The molecule has 0 fully saturated rings. The summed E-state index contributed by atoms with van der Waals surface area (Å²) in [6, 6.07) is 5.90. The van der Waals surface area contributed by atoms with Crippen molar-refractivity contribution in [3.8, 4) is 0 Å². The minimum absolute atomic E-state index is 0.267. The van der Waals surface area contributed by atoms with Gasteiger partial charge in [0, 0.05) is 24.1 Å². The average molecular weight is 202 g/mol. The molecule has 78 valence electrons. The zero-order valence-electron chi connectivity index (χ0n) is 8.73. The van der Waals surface area contributed by atoms with Gasteiger partial charge in [-0.3, -0.25) is 0 Å². The first-order chi connectivity index (χ1) is 7.22. The maximum absolute atomic E-state index is 11.7. The van der Waals surface area contributed by atoms with Gasteiger partial charge in [0.15, 0.2) is 6.21 Å². The van der Waals surface area contributed by atoms with Gasteiger partial charge in [-0.05, 0) is 6.92 Å². The predicted octanol–water partition coefficient (Wildman–Crippen LogP) is 2.75. The lowest BCUT2D eigenvalue weighted by Gasteiger charge is -2.13. The van der Waals surface area contributed by atoms with E-state index in [1.165, 1.54) is 0 Å². The van der Waals surface area contributed by atoms with Gasteiger partial charge in [0.05, 0.1) is 0 Å². The fourth-order valence-electron chi connectivity index (χ4n) is 1.73. The van der Waals surface area contributed by atoms with E-state index in [0.717, 1.165) is 22.4 Å². The summed E-state index contributed by atoms with van der Waals surface area (Å²) in [5.41, 5.74) is 2.51. The molecule has 0 aliphatic carbocycles. The van der Waals surface area contributed by atoms with Crippen LogP contribution < -0.4 is 5.32 Å². The molecular weight excluding hydrogens is 188 g/mol. The molecule has 2 rings (SSSR count). The number of benzene rings is 1. The first-order valence-corrected chi connectivity index (χ1v) is 5.04. The largest absolute Gasteiger partial charge is 0.618 e. The zero-order valence-corrected chi connectivity index (χ0v) is 8.73. The Morgan fingerprint density at radius 1 is 1.60 bits per heavy atom. The molecule has 1 aliphatic rings. The van der Waals surface area contributed by atoms with Crippen LogP contribution in [0.3, 0.4) is 0 Å². The summed E-state index contributed by atoms with van der Waals surface area (Å²) in [5, 5.41) is 15.0. The average Bonchev–Trinajstić information content (AvgIpc) is 2.39. The van der Waals surface area contributed by atoms with Gasteiger partial charge >= 0.3 is 0 Å². The SMILES string of the molecule is C=Cc1cccc2c1NC(C)CC=[N+]2[O-]. The number of rotatable bonds is 1. The Morgan fingerprint density at radius 2 is 2.40 bits per heavy atom. The highest BCUT2D eigenvalue weighted by Gasteiger charge is 2.18. The van der Waals surface area contributed by atoms with Crippen LogP contribution in [0, 0.1) is 5.21 Å². The van der Waals surface area contributed by atoms with Crippen LogP contribution in [-0.4, -0.2) is 17.0 Å². The first kappa shape index (κ1) is 9.77. The molecule has 3 heteroatoms. The number of hydrogen-bond acceptors (Lipinski definition) is 2. The molecule has 0 saturated heterocycles. The van der Waals surface area contributed by atoms with Crippen LogP contribution in [0.5, 0.6) is 0 Å². The topological polar surface area (TPSA) is 38.1 Å². The second-order valence-corrected chi connectivity index (χ2v) is 3.73. The fourth-order valence-corrected chi connectivity index (χ4v) is 1.73. The van der Waals surface area contributed by atoms with Gasteiger partial charge in [0.25, 0.3) is 0 Å². The van der Waals surface area contributed by atoms with Crippen molar-refractivity contribution in [2.45, 2.75) is 19.4 Å². The van der Waals surface area contributed by atoms with Crippen LogP contribution in [-0.2, 0) is 0 Å². The third-order valence-corrected chi connectivity index (χ3v) is 2.55. The Kier molecular flexibility index (Phi) is 2.46. The number of anilines is 1. The molecule has 1 unspecified atom stereocenters. The molecule has 1 aromatic carbocycles. The van der Waals surface area contributed by atoms with Crippen molar-refractivity contribution in [3.63, 3.8) is 0 Å². The van der Waals surface area contributed by atoms with Crippen molar-refractivity contribution in [1.82, 2.24) is 0 Å². The number of para-hydroxylation sites is 1. The minimum Gasteiger partial charge on any atom is -0.618 e. The molecule has 1 aliphatic heterocycles. The van der Waals surface area contributed by atoms with Crippen LogP contribution in [0.15, 0.2) is 24.8 Å². The lowest BCUT2D eigenvalue weighted by atomic mass is 10.1. The van der Waals surface area contributed by atoms with Crippen molar-refractivity contribution < 1.29 is 4.74 Å². The zero-order chi connectivity index (χ0) is 10.8. The molecule has 15 heavy (non-hydrogen) atoms. The second-order valence-electron chi connectivity index (χ2n) is 3.73. The van der Waals surface area contributed by atoms with Gasteiger partial charge < -0.3 is 10.5 Å². The van der Waals surface area contributed by atoms with E-state index in [9.17, 15) is 5.21 Å². The van der Waals surface area contributed by atoms with Gasteiger partial charge in [0.1, 0.15) is 5.69 Å². The minimum atomic E-state index is 0.267. The first-order valence-electron chi connectivity index (χ1n) is 5.04. The van der Waals surface area contributed by atoms with Gasteiger partial charge in [-0.25, -0.2) is 0 Å². The number of fused-ring (bicyclic) bond motifs is 1. The quantitative estimate of drug-likeness (QED) is 0.561. The number of nitrogens with one attached hydrogen (secondary N) is 1. The third kappa shape index (κ3) is 1.73. The standard InChI is InChI=1S/C12H14N2O/c1-3-10-5-4-6-11-12(10)13-9(2)7-8-14(11)15/h3-6,8-9,13H,1,7H2,2H3. The summed E-state index contributed by atoms with van der Waals surface area (Å²) in [6.07, 6.45) is 4.16. The maximum atomic E-state index is 11.7. The molecule has 3 nitrogen and oxygen atoms in total. The van der Waals surface area contributed by atoms with Crippen LogP contribution >= 0.6 is 0 Å². The van der Waals surface area contributed by atoms with Gasteiger partial charge in [-0.1, -0.05) is 24.8 Å². The van der Waals surface area contributed by atoms with Gasteiger partial charge in [0.2, 0.25) is 5.69 Å². The number of hydrogen-bond donors (Lipinski definition) is 1. The van der Waals surface area contributed by atoms with Crippen LogP contribution in [0.25, 0.3) is 6.08 Å². The Hall–Kier alpha value is -1.77. The van der Waals surface area contributed by atoms with Crippen molar-refractivity contribution in [2.24, 2.45) is 0 Å². The summed E-state index contributed by atoms with van der Waals surface area (Å²) >= 11 is 0. The Balaban J connectivity index is 2.60. The molecule has 0 radical (unpaired) electrons. The normalized spacial score (nSPS) is 19.5. The van der Waals surface area contributed by atoms with Crippen molar-refractivity contribution in [1.29, 1.82) is 0 Å². The third-order valence-electron chi connectivity index (χ3n) is 2.55. The molecule has 1 aromatic rings. The highest BCUT2D eigenvalue weighted by atomic mass is 16.5. The van der Waals surface area contributed by atoms with Gasteiger partial charge in [-0.2, -0.15) is 4.74 Å². The van der Waals surface area contributed by atoms with E-state index in [0.29, 0.717) is 5.69 Å². The van der Waals surface area contributed by atoms with Crippen LogP contribution in [0.2, 0.25) is 0 Å². The van der Waals surface area contributed by atoms with E-state index < -0.39 is 0 Å². The molecular formula is C12H14N2O. The maximum Gasteiger partial charge on any atom is 0.240 e. The predicted molar refractivity (Wildman–Crippen MR) is 63.6 cm³/mol. The summed E-state index contributed by atoms with van der Waals surface area (Å²) < 4.78 is 0.929. The molecule has 0 bridgehead atoms. The Morgan fingerprint density at radius 3 is 3.13 bits per heavy atom. The van der Waals surface area contributed by atoms with Crippen molar-refractivity contribution in [3.05, 3.63) is 35.5 Å². The lowest BCUT2D eigenvalue weighted by Crippen LogP contribution is -2.14. The molecule has 1 heterocycles. The monoisotopic (exact) mass is 202 g/mol. The summed E-state index contributed by atoms with van der Waals surface area (Å²) in [4.78, 5) is 0. The van der Waals surface area contributed by atoms with Crippen LogP contribution in [0.1, 0.15) is 18.9 Å². The van der Waals surface area contributed by atoms with E-state index in [1.54, 1.807) is 12.3 Å². The van der Waals surface area contributed by atoms with E-state index in [2.05, 4.69) is 18.8 Å². The smallest absolute Gasteiger partial charge is 0.240 e.